The minimum atomic E-state index is -4.61. The van der Waals surface area contributed by atoms with Gasteiger partial charge in [-0.3, -0.25) is 4.57 Å². The van der Waals surface area contributed by atoms with E-state index in [9.17, 15) is 19.5 Å². The average molecular weight is 510 g/mol. The number of hydrogen-bond donors (Lipinski definition) is 4. The maximum Gasteiger partial charge on any atom is 0.356 e. The number of hydrogen-bond acceptors (Lipinski definition) is 9. The summed E-state index contributed by atoms with van der Waals surface area (Å²) in [7, 11) is -4.61. The molecule has 1 aliphatic heterocycles. The number of hydrazone groups is 1. The standard InChI is InChI=1S/C19H30ClFN5O6P/c1-10-15(23-11-7-5-6-8-11)24-18(20)25-16(10)26(22-4)17-13(21)14(27)12(32-17)9-31-19(2,3)33(28,29)30/h11-14,17,27H,4-9H2,1-3H3,(H,23,24,25)(H2,28,29,30)/t12-,13+,14-,17-/m1/s1. The Labute approximate surface area is 196 Å². The molecule has 0 spiro atoms. The first-order valence-corrected chi connectivity index (χ1v) is 12.6. The number of nitrogens with one attached hydrogen (secondary N) is 1. The Kier molecular flexibility index (Phi) is 8.00. The van der Waals surface area contributed by atoms with Gasteiger partial charge in [-0.25, -0.2) is 14.4 Å². The summed E-state index contributed by atoms with van der Waals surface area (Å²) in [6, 6.07) is 0.241. The Morgan fingerprint density at radius 3 is 2.61 bits per heavy atom. The molecule has 1 saturated carbocycles. The first-order valence-electron chi connectivity index (χ1n) is 10.6. The molecule has 0 bridgehead atoms. The van der Waals surface area contributed by atoms with Crippen molar-refractivity contribution >= 4 is 37.5 Å². The van der Waals surface area contributed by atoms with Crippen molar-refractivity contribution < 1.29 is 33.3 Å². The Morgan fingerprint density at radius 2 is 2.03 bits per heavy atom. The van der Waals surface area contributed by atoms with Crippen LogP contribution in [0.3, 0.4) is 0 Å². The summed E-state index contributed by atoms with van der Waals surface area (Å²) < 4.78 is 37.5. The fourth-order valence-corrected chi connectivity index (χ4v) is 4.19. The fourth-order valence-electron chi connectivity index (χ4n) is 3.78. The zero-order chi connectivity index (χ0) is 24.6. The summed E-state index contributed by atoms with van der Waals surface area (Å²) in [5.74, 6) is 0.644. The van der Waals surface area contributed by atoms with Crippen LogP contribution >= 0.6 is 19.2 Å². The highest BCUT2D eigenvalue weighted by atomic mass is 35.5. The van der Waals surface area contributed by atoms with E-state index in [0.29, 0.717) is 11.4 Å². The van der Waals surface area contributed by atoms with Gasteiger partial charge < -0.3 is 29.7 Å². The third-order valence-electron chi connectivity index (χ3n) is 6.00. The second-order valence-corrected chi connectivity index (χ2v) is 11.2. The molecule has 0 radical (unpaired) electrons. The predicted octanol–water partition coefficient (Wildman–Crippen LogP) is 2.57. The van der Waals surface area contributed by atoms with Crippen LogP contribution < -0.4 is 10.3 Å². The number of aliphatic hydroxyl groups excluding tert-OH is 1. The van der Waals surface area contributed by atoms with E-state index in [1.165, 1.54) is 13.8 Å². The summed E-state index contributed by atoms with van der Waals surface area (Å²) in [5.41, 5.74) is 0.548. The number of alkyl halides is 1. The molecule has 2 fully saturated rings. The van der Waals surface area contributed by atoms with Gasteiger partial charge in [0.05, 0.1) is 6.61 Å². The first-order chi connectivity index (χ1) is 15.4. The molecule has 14 heteroatoms. The molecule has 11 nitrogen and oxygen atoms in total. The molecule has 2 heterocycles. The molecular formula is C19H30ClFN5O6P. The zero-order valence-electron chi connectivity index (χ0n) is 18.7. The molecule has 186 valence electrons. The SMILES string of the molecule is C=NN(c1nc(Cl)nc(NC2CCCC2)c1C)[C@@H]1O[C@H](COC(C)(C)P(=O)(O)O)[C@@H](O)[C@@H]1F. The summed E-state index contributed by atoms with van der Waals surface area (Å²) >= 11 is 6.12. The van der Waals surface area contributed by atoms with Crippen LogP contribution in [0.1, 0.15) is 45.1 Å². The van der Waals surface area contributed by atoms with Crippen molar-refractivity contribution in [1.29, 1.82) is 0 Å². The minimum Gasteiger partial charge on any atom is -0.387 e. The van der Waals surface area contributed by atoms with Crippen molar-refractivity contribution in [2.75, 3.05) is 16.9 Å². The topological polar surface area (TPSA) is 150 Å². The van der Waals surface area contributed by atoms with Gasteiger partial charge in [0.1, 0.15) is 18.0 Å². The van der Waals surface area contributed by atoms with Gasteiger partial charge >= 0.3 is 7.60 Å². The molecule has 1 saturated heterocycles. The van der Waals surface area contributed by atoms with Gasteiger partial charge in [0.15, 0.2) is 23.6 Å². The van der Waals surface area contributed by atoms with Crippen LogP contribution in [-0.2, 0) is 14.0 Å². The monoisotopic (exact) mass is 509 g/mol. The normalized spacial score (nSPS) is 26.5. The molecule has 0 amide bonds. The number of rotatable bonds is 9. The van der Waals surface area contributed by atoms with Gasteiger partial charge in [-0.05, 0) is 45.2 Å². The third-order valence-corrected chi connectivity index (χ3v) is 7.70. The average Bonchev–Trinajstić information content (AvgIpc) is 3.33. The largest absolute Gasteiger partial charge is 0.387 e. The molecule has 0 aromatic carbocycles. The number of nitrogens with zero attached hydrogens (tertiary/aromatic N) is 4. The number of aliphatic hydroxyl groups is 1. The van der Waals surface area contributed by atoms with E-state index in [2.05, 4.69) is 27.1 Å². The molecule has 3 rings (SSSR count). The highest BCUT2D eigenvalue weighted by Gasteiger charge is 2.49. The van der Waals surface area contributed by atoms with Gasteiger partial charge in [0, 0.05) is 18.3 Å². The van der Waals surface area contributed by atoms with Gasteiger partial charge in [0.2, 0.25) is 5.28 Å². The van der Waals surface area contributed by atoms with Gasteiger partial charge in [0.25, 0.3) is 0 Å². The Morgan fingerprint density at radius 1 is 1.39 bits per heavy atom. The Bertz CT molecular complexity index is 915. The van der Waals surface area contributed by atoms with Gasteiger partial charge in [-0.2, -0.15) is 10.1 Å². The summed E-state index contributed by atoms with van der Waals surface area (Å²) in [6.07, 6.45) is -2.00. The molecule has 0 unspecified atom stereocenters. The smallest absolute Gasteiger partial charge is 0.356 e. The van der Waals surface area contributed by atoms with Crippen LogP contribution in [0.5, 0.6) is 0 Å². The van der Waals surface area contributed by atoms with Crippen molar-refractivity contribution in [3.8, 4) is 0 Å². The summed E-state index contributed by atoms with van der Waals surface area (Å²) in [6.45, 7) is 7.14. The molecule has 1 aromatic heterocycles. The minimum absolute atomic E-state index is 0.0815. The Hall–Kier alpha value is -1.40. The van der Waals surface area contributed by atoms with E-state index in [0.717, 1.165) is 30.7 Å². The van der Waals surface area contributed by atoms with E-state index in [4.69, 9.17) is 21.1 Å². The second-order valence-electron chi connectivity index (χ2n) is 8.70. The predicted molar refractivity (Wildman–Crippen MR) is 121 cm³/mol. The first kappa shape index (κ1) is 26.2. The van der Waals surface area contributed by atoms with E-state index in [1.807, 2.05) is 0 Å². The van der Waals surface area contributed by atoms with Crippen molar-refractivity contribution in [2.45, 2.75) is 82.4 Å². The molecule has 4 atom stereocenters. The number of ether oxygens (including phenoxy) is 2. The maximum atomic E-state index is 15.1. The van der Waals surface area contributed by atoms with Crippen LogP contribution in [-0.4, -0.2) is 74.2 Å². The van der Waals surface area contributed by atoms with E-state index < -0.39 is 44.2 Å². The Balaban J connectivity index is 1.80. The highest BCUT2D eigenvalue weighted by Crippen LogP contribution is 2.51. The van der Waals surface area contributed by atoms with Crippen molar-refractivity contribution in [3.05, 3.63) is 10.8 Å². The third kappa shape index (κ3) is 5.64. The highest BCUT2D eigenvalue weighted by molar-refractivity contribution is 7.53. The second kappa shape index (κ2) is 10.1. The van der Waals surface area contributed by atoms with E-state index in [-0.39, 0.29) is 17.1 Å². The lowest BCUT2D eigenvalue weighted by Crippen LogP contribution is -2.40. The maximum absolute atomic E-state index is 15.1. The lowest BCUT2D eigenvalue weighted by atomic mass is 10.1. The lowest BCUT2D eigenvalue weighted by Gasteiger charge is -2.29. The summed E-state index contributed by atoms with van der Waals surface area (Å²) in [5, 5.41) is 16.7. The van der Waals surface area contributed by atoms with E-state index >= 15 is 4.39 Å². The zero-order valence-corrected chi connectivity index (χ0v) is 20.3. The molecule has 33 heavy (non-hydrogen) atoms. The lowest BCUT2D eigenvalue weighted by molar-refractivity contribution is -0.0749. The van der Waals surface area contributed by atoms with Gasteiger partial charge in [-0.15, -0.1) is 0 Å². The van der Waals surface area contributed by atoms with Crippen molar-refractivity contribution in [2.24, 2.45) is 5.10 Å². The molecule has 1 aliphatic carbocycles. The van der Waals surface area contributed by atoms with Crippen molar-refractivity contribution in [1.82, 2.24) is 9.97 Å². The molecular weight excluding hydrogens is 480 g/mol. The quantitative estimate of drug-likeness (QED) is 0.169. The van der Waals surface area contributed by atoms with Crippen LogP contribution in [0.2, 0.25) is 5.28 Å². The van der Waals surface area contributed by atoms with Crippen LogP contribution in [0.4, 0.5) is 16.0 Å². The van der Waals surface area contributed by atoms with Crippen LogP contribution in [0.15, 0.2) is 5.10 Å². The van der Waals surface area contributed by atoms with Crippen molar-refractivity contribution in [3.63, 3.8) is 0 Å². The number of anilines is 2. The molecule has 4 N–H and O–H groups in total. The van der Waals surface area contributed by atoms with Gasteiger partial charge in [-0.1, -0.05) is 12.8 Å². The fraction of sp³-hybridized carbons (Fsp3) is 0.737. The summed E-state index contributed by atoms with van der Waals surface area (Å²) in [4.78, 5) is 27.2. The van der Waals surface area contributed by atoms with Crippen LogP contribution in [0, 0.1) is 6.92 Å². The van der Waals surface area contributed by atoms with E-state index in [1.54, 1.807) is 6.92 Å². The number of aromatic nitrogens is 2. The molecule has 2 aliphatic rings. The molecule has 1 aromatic rings. The van der Waals surface area contributed by atoms with Crippen LogP contribution in [0.25, 0.3) is 0 Å². The number of halogens is 2.